The molecule has 9 N–H and O–H groups in total. The number of carbonyl (C=O) groups is 3. The Morgan fingerprint density at radius 2 is 1.85 bits per heavy atom. The first-order valence-electron chi connectivity index (χ1n) is 9.87. The summed E-state index contributed by atoms with van der Waals surface area (Å²) in [6.45, 7) is 1.38. The second-order valence-corrected chi connectivity index (χ2v) is 7.71. The lowest BCUT2D eigenvalue weighted by Gasteiger charge is -2.24. The van der Waals surface area contributed by atoms with Gasteiger partial charge < -0.3 is 32.3 Å². The van der Waals surface area contributed by atoms with Gasteiger partial charge in [0, 0.05) is 17.7 Å². The molecule has 1 amide bonds. The summed E-state index contributed by atoms with van der Waals surface area (Å²) in [5, 5.41) is 23.7. The quantitative estimate of drug-likeness (QED) is 0.205. The molecule has 3 rings (SSSR count). The number of aliphatic carboxylic acids is 2. The van der Waals surface area contributed by atoms with E-state index in [0.717, 1.165) is 0 Å². The number of hydrogen-bond acceptors (Lipinski definition) is 10. The molecule has 1 unspecified atom stereocenters. The Morgan fingerprint density at radius 3 is 2.47 bits per heavy atom. The number of amides is 1. The molecule has 3 aromatic rings. The second-order valence-electron chi connectivity index (χ2n) is 7.71. The molecule has 1 aromatic carbocycles. The van der Waals surface area contributed by atoms with Gasteiger partial charge in [0.1, 0.15) is 11.6 Å². The number of nitrogens with two attached hydrogens (primary N) is 2. The monoisotopic (exact) mass is 470 g/mol. The smallest absolute Gasteiger partial charge is 0.326 e. The van der Waals surface area contributed by atoms with Gasteiger partial charge in [-0.05, 0) is 31.2 Å². The van der Waals surface area contributed by atoms with Crippen LogP contribution in [0.5, 0.6) is 0 Å². The Hall–Kier alpha value is -4.59. The Morgan fingerprint density at radius 1 is 1.18 bits per heavy atom. The van der Waals surface area contributed by atoms with Crippen LogP contribution in [0, 0.1) is 0 Å². The van der Waals surface area contributed by atoms with Crippen molar-refractivity contribution in [2.45, 2.75) is 31.5 Å². The van der Waals surface area contributed by atoms with Crippen molar-refractivity contribution in [2.75, 3.05) is 11.1 Å². The molecule has 0 radical (unpaired) electrons. The number of aromatic amines is 1. The number of rotatable bonds is 9. The number of hydrogen-bond donors (Lipinski definition) is 7. The van der Waals surface area contributed by atoms with E-state index in [1.807, 2.05) is 0 Å². The summed E-state index contributed by atoms with van der Waals surface area (Å²) in [6.07, 6.45) is 0.943. The van der Waals surface area contributed by atoms with Gasteiger partial charge in [0.05, 0.1) is 18.4 Å². The number of nitrogen functional groups attached to an aromatic ring is 1. The van der Waals surface area contributed by atoms with E-state index in [0.29, 0.717) is 11.4 Å². The van der Waals surface area contributed by atoms with Gasteiger partial charge in [-0.15, -0.1) is 0 Å². The lowest BCUT2D eigenvalue weighted by atomic mass is 9.94. The summed E-state index contributed by atoms with van der Waals surface area (Å²) >= 11 is 0. The number of benzene rings is 1. The van der Waals surface area contributed by atoms with E-state index < -0.39 is 41.4 Å². The topological polar surface area (TPSA) is 239 Å². The zero-order valence-electron chi connectivity index (χ0n) is 17.9. The highest BCUT2D eigenvalue weighted by molar-refractivity contribution is 5.97. The van der Waals surface area contributed by atoms with Gasteiger partial charge in [-0.25, -0.2) is 14.8 Å². The summed E-state index contributed by atoms with van der Waals surface area (Å²) < 4.78 is 0. The molecule has 0 bridgehead atoms. The molecule has 178 valence electrons. The first kappa shape index (κ1) is 24.1. The number of nitrogens with one attached hydrogen (secondary N) is 3. The van der Waals surface area contributed by atoms with Gasteiger partial charge in [0.2, 0.25) is 5.95 Å². The van der Waals surface area contributed by atoms with Crippen LogP contribution in [-0.2, 0) is 16.1 Å². The van der Waals surface area contributed by atoms with Gasteiger partial charge >= 0.3 is 11.9 Å². The van der Waals surface area contributed by atoms with Crippen LogP contribution in [0.2, 0.25) is 0 Å². The standard InChI is InChI=1S/C20H22N8O6/c1-20(22,18(33)34)6-12(17(31)32)26-15(29)9-2-4-10(5-3-9)23-7-11-8-24-14-13(25-11)16(30)28-19(21)27-14/h2-5,8,12,23H,6-7,22H2,1H3,(H,26,29)(H,31,32)(H,33,34)(H3,21,24,27,28,30)/t12-,20?/m0/s1. The average Bonchev–Trinajstić information content (AvgIpc) is 2.77. The highest BCUT2D eigenvalue weighted by atomic mass is 16.4. The summed E-state index contributed by atoms with van der Waals surface area (Å²) in [4.78, 5) is 61.5. The van der Waals surface area contributed by atoms with Crippen molar-refractivity contribution in [1.82, 2.24) is 25.3 Å². The second kappa shape index (κ2) is 9.50. The maximum Gasteiger partial charge on any atom is 0.326 e. The van der Waals surface area contributed by atoms with Crippen molar-refractivity contribution in [3.05, 3.63) is 52.1 Å². The van der Waals surface area contributed by atoms with Crippen LogP contribution in [0.25, 0.3) is 11.2 Å². The van der Waals surface area contributed by atoms with Gasteiger partial charge in [-0.3, -0.25) is 19.4 Å². The molecule has 0 aliphatic heterocycles. The van der Waals surface area contributed by atoms with E-state index in [-0.39, 0.29) is 29.2 Å². The molecule has 0 aliphatic carbocycles. The summed E-state index contributed by atoms with van der Waals surface area (Å²) in [5.41, 5.74) is 10.1. The molecule has 0 fully saturated rings. The molecular formula is C20H22N8O6. The molecule has 0 spiro atoms. The number of carboxylic acids is 2. The van der Waals surface area contributed by atoms with Crippen LogP contribution in [0.15, 0.2) is 35.3 Å². The molecule has 2 heterocycles. The molecule has 0 saturated heterocycles. The first-order chi connectivity index (χ1) is 16.0. The van der Waals surface area contributed by atoms with Crippen LogP contribution in [-0.4, -0.2) is 59.6 Å². The Labute approximate surface area is 191 Å². The minimum Gasteiger partial charge on any atom is -0.480 e. The van der Waals surface area contributed by atoms with Crippen molar-refractivity contribution in [3.63, 3.8) is 0 Å². The van der Waals surface area contributed by atoms with Gasteiger partial charge in [-0.1, -0.05) is 0 Å². The molecule has 2 atom stereocenters. The number of fused-ring (bicyclic) bond motifs is 1. The summed E-state index contributed by atoms with van der Waals surface area (Å²) in [6, 6.07) is 4.59. The fraction of sp³-hybridized carbons (Fsp3) is 0.250. The van der Waals surface area contributed by atoms with E-state index in [2.05, 4.69) is 30.6 Å². The van der Waals surface area contributed by atoms with Crippen molar-refractivity contribution in [2.24, 2.45) is 5.73 Å². The molecule has 14 heteroatoms. The van der Waals surface area contributed by atoms with Crippen molar-refractivity contribution < 1.29 is 24.6 Å². The minimum absolute atomic E-state index is 0.0463. The molecular weight excluding hydrogens is 448 g/mol. The van der Waals surface area contributed by atoms with Crippen LogP contribution < -0.4 is 27.7 Å². The normalized spacial score (nSPS) is 13.6. The molecule has 14 nitrogen and oxygen atoms in total. The first-order valence-corrected chi connectivity index (χ1v) is 9.87. The van der Waals surface area contributed by atoms with E-state index in [4.69, 9.17) is 16.6 Å². The average molecular weight is 470 g/mol. The van der Waals surface area contributed by atoms with E-state index in [1.165, 1.54) is 25.3 Å². The molecule has 2 aromatic heterocycles. The highest BCUT2D eigenvalue weighted by Gasteiger charge is 2.35. The van der Waals surface area contributed by atoms with Gasteiger partial charge in [-0.2, -0.15) is 4.98 Å². The summed E-state index contributed by atoms with van der Waals surface area (Å²) in [7, 11) is 0. The lowest BCUT2D eigenvalue weighted by molar-refractivity contribution is -0.144. The third-order valence-corrected chi connectivity index (χ3v) is 4.83. The molecule has 34 heavy (non-hydrogen) atoms. The van der Waals surface area contributed by atoms with Gasteiger partial charge in [0.25, 0.3) is 11.5 Å². The van der Waals surface area contributed by atoms with Crippen molar-refractivity contribution in [3.8, 4) is 0 Å². The predicted molar refractivity (Wildman–Crippen MR) is 120 cm³/mol. The van der Waals surface area contributed by atoms with E-state index in [1.54, 1.807) is 12.1 Å². The van der Waals surface area contributed by atoms with Crippen molar-refractivity contribution >= 4 is 40.6 Å². The maximum atomic E-state index is 12.4. The third-order valence-electron chi connectivity index (χ3n) is 4.83. The lowest BCUT2D eigenvalue weighted by Crippen LogP contribution is -2.53. The number of nitrogens with zero attached hydrogens (tertiary/aromatic N) is 3. The largest absolute Gasteiger partial charge is 0.480 e. The van der Waals surface area contributed by atoms with Gasteiger partial charge in [0.15, 0.2) is 11.2 Å². The maximum absolute atomic E-state index is 12.4. The fourth-order valence-corrected chi connectivity index (χ4v) is 2.94. The fourth-order valence-electron chi connectivity index (χ4n) is 2.94. The SMILES string of the molecule is CC(N)(C[C@H](NC(=O)c1ccc(NCc2cnc3nc(N)[nH]c(=O)c3n2)cc1)C(=O)O)C(=O)O. The van der Waals surface area contributed by atoms with Crippen LogP contribution in [0.1, 0.15) is 29.4 Å². The number of aromatic nitrogens is 4. The van der Waals surface area contributed by atoms with Crippen LogP contribution in [0.4, 0.5) is 11.6 Å². The van der Waals surface area contributed by atoms with Crippen molar-refractivity contribution in [1.29, 1.82) is 0 Å². The Balaban J connectivity index is 1.64. The zero-order chi connectivity index (χ0) is 25.0. The molecule has 0 saturated carbocycles. The predicted octanol–water partition coefficient (Wildman–Crippen LogP) is -0.717. The third kappa shape index (κ3) is 5.60. The van der Waals surface area contributed by atoms with E-state index in [9.17, 15) is 24.3 Å². The zero-order valence-corrected chi connectivity index (χ0v) is 17.9. The number of carboxylic acid groups (broad SMARTS) is 2. The minimum atomic E-state index is -1.83. The molecule has 0 aliphatic rings. The summed E-state index contributed by atoms with van der Waals surface area (Å²) in [5.74, 6) is -3.55. The van der Waals surface area contributed by atoms with Crippen LogP contribution >= 0.6 is 0 Å². The number of anilines is 2. The highest BCUT2D eigenvalue weighted by Crippen LogP contribution is 2.14. The number of H-pyrrole nitrogens is 1. The van der Waals surface area contributed by atoms with Crippen LogP contribution in [0.3, 0.4) is 0 Å². The Kier molecular flexibility index (Phi) is 6.72. The Bertz CT molecular complexity index is 1300. The van der Waals surface area contributed by atoms with E-state index >= 15 is 0 Å². The number of carbonyl (C=O) groups excluding carboxylic acids is 1.